The molecular formula is C26H25N3O6. The lowest BCUT2D eigenvalue weighted by Gasteiger charge is -2.38. The van der Waals surface area contributed by atoms with E-state index in [0.29, 0.717) is 13.0 Å². The number of nitrogens with zero attached hydrogens (tertiary/aromatic N) is 3. The van der Waals surface area contributed by atoms with E-state index in [4.69, 9.17) is 4.74 Å². The van der Waals surface area contributed by atoms with E-state index in [1.54, 1.807) is 7.11 Å². The monoisotopic (exact) mass is 475 g/mol. The second-order valence-electron chi connectivity index (χ2n) is 9.11. The number of non-ortho nitro benzene ring substituents is 1. The maximum absolute atomic E-state index is 13.9. The summed E-state index contributed by atoms with van der Waals surface area (Å²) in [7, 11) is 1.56. The Labute approximate surface area is 202 Å². The van der Waals surface area contributed by atoms with Crippen LogP contribution in [0.2, 0.25) is 0 Å². The molecule has 2 aromatic carbocycles. The van der Waals surface area contributed by atoms with Gasteiger partial charge in [-0.2, -0.15) is 0 Å². The molecule has 0 N–H and O–H groups in total. The highest BCUT2D eigenvalue weighted by Crippen LogP contribution is 2.50. The molecule has 3 heterocycles. The minimum absolute atomic E-state index is 0.144. The number of allylic oxidation sites excluding steroid dienone is 1. The Bertz CT molecular complexity index is 1270. The van der Waals surface area contributed by atoms with Gasteiger partial charge < -0.3 is 9.64 Å². The van der Waals surface area contributed by atoms with Crippen molar-refractivity contribution >= 4 is 34.5 Å². The highest BCUT2D eigenvalue weighted by molar-refractivity contribution is 6.14. The summed E-state index contributed by atoms with van der Waals surface area (Å²) < 4.78 is 5.08. The first-order valence-corrected chi connectivity index (χ1v) is 11.5. The molecule has 9 heteroatoms. The van der Waals surface area contributed by atoms with Gasteiger partial charge in [0.05, 0.1) is 22.8 Å². The van der Waals surface area contributed by atoms with E-state index in [0.717, 1.165) is 16.8 Å². The van der Waals surface area contributed by atoms with Crippen molar-refractivity contribution < 1.29 is 24.0 Å². The summed E-state index contributed by atoms with van der Waals surface area (Å²) in [6, 6.07) is 11.7. The van der Waals surface area contributed by atoms with Gasteiger partial charge in [0.1, 0.15) is 6.04 Å². The van der Waals surface area contributed by atoms with E-state index in [9.17, 15) is 24.5 Å². The number of hydrogen-bond acceptors (Lipinski definition) is 7. The van der Waals surface area contributed by atoms with E-state index in [1.807, 2.05) is 42.2 Å². The number of imide groups is 1. The van der Waals surface area contributed by atoms with Crippen molar-refractivity contribution in [1.29, 1.82) is 0 Å². The number of rotatable bonds is 7. The van der Waals surface area contributed by atoms with Crippen LogP contribution in [-0.4, -0.2) is 59.8 Å². The summed E-state index contributed by atoms with van der Waals surface area (Å²) in [5.74, 6) is -2.66. The number of ketones is 1. The second kappa shape index (κ2) is 8.74. The number of nitro benzene ring substituents is 1. The Morgan fingerprint density at radius 2 is 1.83 bits per heavy atom. The molecule has 3 aliphatic rings. The van der Waals surface area contributed by atoms with Crippen molar-refractivity contribution in [2.24, 2.45) is 11.8 Å². The van der Waals surface area contributed by atoms with Gasteiger partial charge in [-0.3, -0.25) is 29.4 Å². The van der Waals surface area contributed by atoms with Crippen LogP contribution in [0.3, 0.4) is 0 Å². The first-order valence-electron chi connectivity index (χ1n) is 11.5. The average Bonchev–Trinajstić information content (AvgIpc) is 3.32. The van der Waals surface area contributed by atoms with E-state index in [1.165, 1.54) is 29.2 Å². The van der Waals surface area contributed by atoms with Crippen molar-refractivity contribution in [3.05, 3.63) is 75.8 Å². The molecule has 0 unspecified atom stereocenters. The summed E-state index contributed by atoms with van der Waals surface area (Å²) in [5, 5.41) is 11.3. The third kappa shape index (κ3) is 3.54. The molecule has 0 spiro atoms. The SMILES string of the molecule is COCCCN1C(=O)[C@@H]2[C@H](C1=O)[C@H](C(=O)c1cccc([N+](=O)[O-])c1)N1c3ccccc3C(C)=C[C@@H]21. The second-order valence-corrected chi connectivity index (χ2v) is 9.11. The Kier molecular flexibility index (Phi) is 5.72. The fourth-order valence-corrected chi connectivity index (χ4v) is 5.69. The minimum atomic E-state index is -0.957. The number of Topliss-reactive ketones (excluding diaryl/α,β-unsaturated/α-hetero) is 1. The zero-order chi connectivity index (χ0) is 24.9. The molecule has 0 aromatic heterocycles. The molecule has 4 atom stereocenters. The number of anilines is 1. The third-order valence-corrected chi connectivity index (χ3v) is 7.19. The maximum atomic E-state index is 13.9. The standard InChI is InChI=1S/C26H25N3O6/c1-15-13-20-21-22(26(32)27(25(21)31)11-6-12-35-2)23(28(20)19-10-4-3-9-18(15)19)24(30)16-7-5-8-17(14-16)29(33)34/h3-5,7-10,13-14,20-23H,6,11-12H2,1-2H3/t20-,21-,22-,23+/m0/s1. The van der Waals surface area contributed by atoms with Crippen LogP contribution in [-0.2, 0) is 14.3 Å². The highest BCUT2D eigenvalue weighted by atomic mass is 16.6. The van der Waals surface area contributed by atoms with E-state index in [2.05, 4.69) is 0 Å². The van der Waals surface area contributed by atoms with Gasteiger partial charge in [0.2, 0.25) is 11.8 Å². The maximum Gasteiger partial charge on any atom is 0.270 e. The highest BCUT2D eigenvalue weighted by Gasteiger charge is 2.64. The van der Waals surface area contributed by atoms with Crippen LogP contribution in [0.15, 0.2) is 54.6 Å². The first-order chi connectivity index (χ1) is 16.8. The number of amides is 2. The van der Waals surface area contributed by atoms with Crippen LogP contribution in [0.25, 0.3) is 5.57 Å². The van der Waals surface area contributed by atoms with Crippen LogP contribution in [0.4, 0.5) is 11.4 Å². The van der Waals surface area contributed by atoms with Crippen molar-refractivity contribution in [1.82, 2.24) is 4.90 Å². The summed E-state index contributed by atoms with van der Waals surface area (Å²) in [6.07, 6.45) is 2.47. The normalized spacial score (nSPS) is 24.7. The molecule has 0 bridgehead atoms. The van der Waals surface area contributed by atoms with Gasteiger partial charge in [-0.25, -0.2) is 0 Å². The predicted molar refractivity (Wildman–Crippen MR) is 128 cm³/mol. The van der Waals surface area contributed by atoms with Gasteiger partial charge in [0.25, 0.3) is 5.69 Å². The Morgan fingerprint density at radius 3 is 2.57 bits per heavy atom. The molecule has 2 amide bonds. The topological polar surface area (TPSA) is 110 Å². The van der Waals surface area contributed by atoms with E-state index >= 15 is 0 Å². The van der Waals surface area contributed by atoms with Crippen LogP contribution in [0.1, 0.15) is 29.3 Å². The molecule has 3 aliphatic heterocycles. The smallest absolute Gasteiger partial charge is 0.270 e. The Hall–Kier alpha value is -3.85. The summed E-state index contributed by atoms with van der Waals surface area (Å²) >= 11 is 0. The number of carbonyl (C=O) groups is 3. The largest absolute Gasteiger partial charge is 0.385 e. The average molecular weight is 476 g/mol. The number of fused-ring (bicyclic) bond motifs is 5. The van der Waals surface area contributed by atoms with Crippen LogP contribution < -0.4 is 4.90 Å². The Balaban J connectivity index is 1.62. The molecule has 2 fully saturated rings. The number of para-hydroxylation sites is 1. The van der Waals surface area contributed by atoms with Crippen molar-refractivity contribution in [2.45, 2.75) is 25.4 Å². The number of hydrogen-bond donors (Lipinski definition) is 0. The molecule has 2 saturated heterocycles. The summed E-state index contributed by atoms with van der Waals surface area (Å²) in [5.41, 5.74) is 2.62. The zero-order valence-corrected chi connectivity index (χ0v) is 19.4. The number of carbonyl (C=O) groups excluding carboxylic acids is 3. The fourth-order valence-electron chi connectivity index (χ4n) is 5.69. The van der Waals surface area contributed by atoms with Crippen molar-refractivity contribution in [3.8, 4) is 0 Å². The molecular weight excluding hydrogens is 450 g/mol. The first kappa shape index (κ1) is 22.9. The molecule has 0 radical (unpaired) electrons. The van der Waals surface area contributed by atoms with Gasteiger partial charge in [0, 0.05) is 49.2 Å². The lowest BCUT2D eigenvalue weighted by molar-refractivity contribution is -0.384. The number of ether oxygens (including phenoxy) is 1. The predicted octanol–water partition coefficient (Wildman–Crippen LogP) is 3.09. The van der Waals surface area contributed by atoms with Crippen LogP contribution in [0.5, 0.6) is 0 Å². The molecule has 9 nitrogen and oxygen atoms in total. The van der Waals surface area contributed by atoms with Crippen molar-refractivity contribution in [3.63, 3.8) is 0 Å². The van der Waals surface area contributed by atoms with Crippen LogP contribution >= 0.6 is 0 Å². The van der Waals surface area contributed by atoms with Crippen LogP contribution in [0, 0.1) is 22.0 Å². The number of nitro groups is 1. The molecule has 0 saturated carbocycles. The quantitative estimate of drug-likeness (QED) is 0.199. The van der Waals surface area contributed by atoms with E-state index < -0.39 is 34.6 Å². The number of methoxy groups -OCH3 is 1. The molecule has 35 heavy (non-hydrogen) atoms. The number of likely N-dealkylation sites (tertiary alicyclic amines) is 1. The molecule has 180 valence electrons. The third-order valence-electron chi connectivity index (χ3n) is 7.19. The molecule has 0 aliphatic carbocycles. The molecule has 5 rings (SSSR count). The lowest BCUT2D eigenvalue weighted by Crippen LogP contribution is -2.49. The van der Waals surface area contributed by atoms with Gasteiger partial charge in [0.15, 0.2) is 5.78 Å². The summed E-state index contributed by atoms with van der Waals surface area (Å²) in [4.78, 5) is 55.0. The fraction of sp³-hybridized carbons (Fsp3) is 0.346. The van der Waals surface area contributed by atoms with Gasteiger partial charge in [-0.15, -0.1) is 0 Å². The van der Waals surface area contributed by atoms with E-state index in [-0.39, 0.29) is 29.6 Å². The van der Waals surface area contributed by atoms with Gasteiger partial charge in [-0.05, 0) is 25.0 Å². The minimum Gasteiger partial charge on any atom is -0.385 e. The summed E-state index contributed by atoms with van der Waals surface area (Å²) in [6.45, 7) is 2.59. The lowest BCUT2D eigenvalue weighted by atomic mass is 9.85. The van der Waals surface area contributed by atoms with Gasteiger partial charge in [-0.1, -0.05) is 36.4 Å². The Morgan fingerprint density at radius 1 is 1.09 bits per heavy atom. The zero-order valence-electron chi connectivity index (χ0n) is 19.4. The number of benzene rings is 2. The molecule has 2 aromatic rings. The van der Waals surface area contributed by atoms with Gasteiger partial charge >= 0.3 is 0 Å². The van der Waals surface area contributed by atoms with Crippen molar-refractivity contribution in [2.75, 3.05) is 25.2 Å².